The van der Waals surface area contributed by atoms with Gasteiger partial charge in [0.15, 0.2) is 5.82 Å². The number of halogens is 1. The molecule has 2 nitrogen and oxygen atoms in total. The molecule has 0 aliphatic carbocycles. The summed E-state index contributed by atoms with van der Waals surface area (Å²) in [6.45, 7) is 0. The van der Waals surface area contributed by atoms with Gasteiger partial charge in [-0.1, -0.05) is 78.9 Å². The first-order chi connectivity index (χ1) is 15.7. The highest BCUT2D eigenvalue weighted by Gasteiger charge is 2.11. The molecular formula is C28H17IN2S. The molecule has 6 rings (SSSR count). The molecule has 0 amide bonds. The molecule has 4 aromatic carbocycles. The van der Waals surface area contributed by atoms with Gasteiger partial charge >= 0.3 is 0 Å². The third kappa shape index (κ3) is 3.59. The van der Waals surface area contributed by atoms with E-state index in [0.29, 0.717) is 0 Å². The average Bonchev–Trinajstić information content (AvgIpc) is 3.22. The lowest BCUT2D eigenvalue weighted by Gasteiger charge is -2.08. The fraction of sp³-hybridized carbons (Fsp3) is 0. The molecule has 0 spiro atoms. The number of benzene rings is 4. The van der Waals surface area contributed by atoms with Crippen molar-refractivity contribution in [1.29, 1.82) is 0 Å². The molecular weight excluding hydrogens is 523 g/mol. The Balaban J connectivity index is 1.45. The van der Waals surface area contributed by atoms with E-state index in [0.717, 1.165) is 26.3 Å². The first-order valence-corrected chi connectivity index (χ1v) is 12.3. The normalized spacial score (nSPS) is 11.3. The monoisotopic (exact) mass is 540 g/mol. The van der Waals surface area contributed by atoms with Crippen molar-refractivity contribution in [2.45, 2.75) is 0 Å². The minimum Gasteiger partial charge on any atom is -0.228 e. The van der Waals surface area contributed by atoms with Crippen LogP contribution in [0.5, 0.6) is 0 Å². The number of aromatic nitrogens is 2. The zero-order valence-corrected chi connectivity index (χ0v) is 20.0. The zero-order valence-electron chi connectivity index (χ0n) is 17.0. The molecule has 4 heteroatoms. The highest BCUT2D eigenvalue weighted by Crippen LogP contribution is 2.36. The van der Waals surface area contributed by atoms with E-state index in [4.69, 9.17) is 9.97 Å². The van der Waals surface area contributed by atoms with Crippen molar-refractivity contribution in [2.75, 3.05) is 0 Å². The number of hydrogen-bond acceptors (Lipinski definition) is 3. The summed E-state index contributed by atoms with van der Waals surface area (Å²) in [7, 11) is 0. The molecule has 0 bridgehead atoms. The van der Waals surface area contributed by atoms with Gasteiger partial charge in [0.2, 0.25) is 0 Å². The molecule has 2 heterocycles. The van der Waals surface area contributed by atoms with E-state index >= 15 is 0 Å². The Morgan fingerprint density at radius 1 is 0.531 bits per heavy atom. The summed E-state index contributed by atoms with van der Waals surface area (Å²) < 4.78 is 3.50. The summed E-state index contributed by atoms with van der Waals surface area (Å²) in [5, 5.41) is 2.59. The van der Waals surface area contributed by atoms with Crippen LogP contribution in [0.4, 0.5) is 0 Å². The molecule has 0 aliphatic heterocycles. The van der Waals surface area contributed by atoms with E-state index in [-0.39, 0.29) is 0 Å². The topological polar surface area (TPSA) is 25.8 Å². The smallest absolute Gasteiger partial charge is 0.160 e. The Morgan fingerprint density at radius 3 is 2.19 bits per heavy atom. The van der Waals surface area contributed by atoms with Crippen LogP contribution in [0.2, 0.25) is 0 Å². The zero-order chi connectivity index (χ0) is 21.5. The lowest BCUT2D eigenvalue weighted by Crippen LogP contribution is -1.95. The summed E-state index contributed by atoms with van der Waals surface area (Å²) in [6.07, 6.45) is 0. The summed E-state index contributed by atoms with van der Waals surface area (Å²) >= 11 is 4.10. The molecule has 0 radical (unpaired) electrons. The molecule has 0 saturated heterocycles. The third-order valence-electron chi connectivity index (χ3n) is 5.60. The van der Waals surface area contributed by atoms with Crippen LogP contribution in [0.3, 0.4) is 0 Å². The molecule has 32 heavy (non-hydrogen) atoms. The van der Waals surface area contributed by atoms with Gasteiger partial charge in [-0.15, -0.1) is 11.3 Å². The average molecular weight is 540 g/mol. The van der Waals surface area contributed by atoms with Crippen LogP contribution in [0, 0.1) is 3.70 Å². The SMILES string of the molecule is Ic1cc(-c2cccc(-c3ccccc3)c2)nc(-c2ccc3c(c2)sc2ccccc23)n1. The molecule has 0 atom stereocenters. The molecule has 6 aromatic rings. The second kappa shape index (κ2) is 8.11. The molecule has 2 aromatic heterocycles. The highest BCUT2D eigenvalue weighted by atomic mass is 127. The van der Waals surface area contributed by atoms with Crippen molar-refractivity contribution < 1.29 is 0 Å². The largest absolute Gasteiger partial charge is 0.228 e. The van der Waals surface area contributed by atoms with Crippen LogP contribution < -0.4 is 0 Å². The highest BCUT2D eigenvalue weighted by molar-refractivity contribution is 14.1. The molecule has 0 N–H and O–H groups in total. The van der Waals surface area contributed by atoms with Crippen LogP contribution >= 0.6 is 33.9 Å². The van der Waals surface area contributed by atoms with Crippen molar-refractivity contribution in [3.63, 3.8) is 0 Å². The first-order valence-electron chi connectivity index (χ1n) is 10.4. The quantitative estimate of drug-likeness (QED) is 0.166. The maximum atomic E-state index is 4.96. The van der Waals surface area contributed by atoms with Gasteiger partial charge < -0.3 is 0 Å². The van der Waals surface area contributed by atoms with Gasteiger partial charge in [0.1, 0.15) is 3.70 Å². The minimum atomic E-state index is 0.761. The van der Waals surface area contributed by atoms with Gasteiger partial charge in [0, 0.05) is 31.3 Å². The van der Waals surface area contributed by atoms with Crippen molar-refractivity contribution in [3.8, 4) is 33.8 Å². The number of nitrogens with zero attached hydrogens (tertiary/aromatic N) is 2. The third-order valence-corrected chi connectivity index (χ3v) is 7.28. The Morgan fingerprint density at radius 2 is 1.28 bits per heavy atom. The van der Waals surface area contributed by atoms with E-state index in [1.807, 2.05) is 23.5 Å². The lowest BCUT2D eigenvalue weighted by atomic mass is 10.0. The second-order valence-electron chi connectivity index (χ2n) is 7.66. The number of thiophene rings is 1. The Labute approximate surface area is 203 Å². The summed E-state index contributed by atoms with van der Waals surface area (Å²) in [4.78, 5) is 9.71. The number of hydrogen-bond donors (Lipinski definition) is 0. The Kier molecular flexibility index (Phi) is 4.97. The summed E-state index contributed by atoms with van der Waals surface area (Å²) in [5.74, 6) is 0.761. The molecule has 0 fully saturated rings. The molecule has 0 unspecified atom stereocenters. The van der Waals surface area contributed by atoms with Crippen LogP contribution in [0.1, 0.15) is 0 Å². The van der Waals surface area contributed by atoms with Crippen LogP contribution in [-0.4, -0.2) is 9.97 Å². The molecule has 152 valence electrons. The van der Waals surface area contributed by atoms with Crippen LogP contribution in [-0.2, 0) is 0 Å². The van der Waals surface area contributed by atoms with E-state index in [1.165, 1.54) is 31.3 Å². The van der Waals surface area contributed by atoms with E-state index < -0.39 is 0 Å². The summed E-state index contributed by atoms with van der Waals surface area (Å²) in [6, 6.07) is 36.2. The summed E-state index contributed by atoms with van der Waals surface area (Å²) in [5.41, 5.74) is 5.46. The lowest BCUT2D eigenvalue weighted by molar-refractivity contribution is 1.15. The van der Waals surface area contributed by atoms with Gasteiger partial charge in [-0.2, -0.15) is 0 Å². The van der Waals surface area contributed by atoms with Gasteiger partial charge in [-0.25, -0.2) is 9.97 Å². The second-order valence-corrected chi connectivity index (χ2v) is 9.84. The molecule has 0 saturated carbocycles. The van der Waals surface area contributed by atoms with Gasteiger partial charge in [0.25, 0.3) is 0 Å². The predicted octanol–water partition coefficient (Wildman–Crippen LogP) is 8.45. The van der Waals surface area contributed by atoms with Crippen molar-refractivity contribution in [1.82, 2.24) is 9.97 Å². The minimum absolute atomic E-state index is 0.761. The number of rotatable bonds is 3. The van der Waals surface area contributed by atoms with Gasteiger partial charge in [-0.05, 0) is 58.0 Å². The van der Waals surface area contributed by atoms with Crippen molar-refractivity contribution in [2.24, 2.45) is 0 Å². The van der Waals surface area contributed by atoms with Crippen molar-refractivity contribution in [3.05, 3.63) is 107 Å². The standard InChI is InChI=1S/C28H17IN2S/c29-27-17-24(20-10-6-9-19(15-20)18-7-2-1-3-8-18)30-28(31-27)21-13-14-23-22-11-4-5-12-25(22)32-26(23)16-21/h1-17H. The van der Waals surface area contributed by atoms with Crippen LogP contribution in [0.25, 0.3) is 53.9 Å². The van der Waals surface area contributed by atoms with E-state index in [2.05, 4.69) is 114 Å². The van der Waals surface area contributed by atoms with Gasteiger partial charge in [0.05, 0.1) is 5.69 Å². The first kappa shape index (κ1) is 19.6. The maximum Gasteiger partial charge on any atom is 0.160 e. The molecule has 0 aliphatic rings. The van der Waals surface area contributed by atoms with E-state index in [1.54, 1.807) is 0 Å². The maximum absolute atomic E-state index is 4.96. The Bertz CT molecular complexity index is 1590. The van der Waals surface area contributed by atoms with Crippen molar-refractivity contribution >= 4 is 54.1 Å². The van der Waals surface area contributed by atoms with Gasteiger partial charge in [-0.3, -0.25) is 0 Å². The van der Waals surface area contributed by atoms with E-state index in [9.17, 15) is 0 Å². The van der Waals surface area contributed by atoms with Crippen LogP contribution in [0.15, 0.2) is 103 Å². The Hall–Kier alpha value is -3.09. The number of fused-ring (bicyclic) bond motifs is 3. The predicted molar refractivity (Wildman–Crippen MR) is 144 cm³/mol. The fourth-order valence-corrected chi connectivity index (χ4v) is 5.72. The fourth-order valence-electron chi connectivity index (χ4n) is 4.05.